The first-order chi connectivity index (χ1) is 12.8. The molecule has 2 aromatic rings. The average molecular weight is 367 g/mol. The minimum atomic E-state index is 0. The Hall–Kier alpha value is -1.68. The monoisotopic (exact) mass is 366 g/mol. The molecule has 0 amide bonds. The van der Waals surface area contributed by atoms with E-state index >= 15 is 0 Å². The summed E-state index contributed by atoms with van der Waals surface area (Å²) in [7, 11) is 0. The molecule has 0 N–H and O–H groups in total. The van der Waals surface area contributed by atoms with Crippen molar-refractivity contribution in [2.75, 3.05) is 39.3 Å². The number of rotatable bonds is 5. The molecule has 0 atom stereocenters. The molecule has 146 valence electrons. The van der Waals surface area contributed by atoms with Crippen LogP contribution in [0.4, 0.5) is 0 Å². The molecule has 2 aromatic carbocycles. The van der Waals surface area contributed by atoms with Gasteiger partial charge in [-0.3, -0.25) is 4.90 Å². The topological polar surface area (TPSA) is 15.7 Å². The summed E-state index contributed by atoms with van der Waals surface area (Å²) in [5.74, 6) is 0. The van der Waals surface area contributed by atoms with Gasteiger partial charge in [0.25, 0.3) is 0 Å². The van der Waals surface area contributed by atoms with E-state index in [1.165, 1.54) is 11.1 Å². The maximum atomic E-state index is 6.32. The number of hydrogen-bond donors (Lipinski definition) is 0. The van der Waals surface area contributed by atoms with Crippen LogP contribution in [0.1, 0.15) is 31.4 Å². The molecule has 3 nitrogen and oxygen atoms in total. The smallest absolute Gasteiger partial charge is 0.0833 e. The van der Waals surface area contributed by atoms with Crippen LogP contribution in [0, 0.1) is 0 Å². The molecule has 2 aliphatic heterocycles. The van der Waals surface area contributed by atoms with Gasteiger partial charge in [0, 0.05) is 39.3 Å². The van der Waals surface area contributed by atoms with Gasteiger partial charge in [-0.15, -0.1) is 0 Å². The largest absolute Gasteiger partial charge is 0.372 e. The van der Waals surface area contributed by atoms with Crippen molar-refractivity contribution in [1.82, 2.24) is 9.80 Å². The maximum Gasteiger partial charge on any atom is 0.0833 e. The quantitative estimate of drug-likeness (QED) is 0.787. The summed E-state index contributed by atoms with van der Waals surface area (Å²) in [6.45, 7) is 7.52. The van der Waals surface area contributed by atoms with E-state index in [0.29, 0.717) is 0 Å². The van der Waals surface area contributed by atoms with Crippen molar-refractivity contribution in [2.45, 2.75) is 38.8 Å². The van der Waals surface area contributed by atoms with E-state index < -0.39 is 0 Å². The molecular formula is C24H34N2O. The molecule has 0 radical (unpaired) electrons. The standard InChI is InChI=1S/C23H30N2O.CH4/c1-3-7-21(8-4-1)11-14-24-15-12-23(13-16-24)20-25(17-18-26-23)19-22-9-5-2-6-10-22;/h1-10H,11-20H2;1H4. The summed E-state index contributed by atoms with van der Waals surface area (Å²) in [6.07, 6.45) is 3.47. The predicted octanol–water partition coefficient (Wildman–Crippen LogP) is 4.23. The van der Waals surface area contributed by atoms with Gasteiger partial charge < -0.3 is 9.64 Å². The zero-order valence-corrected chi connectivity index (χ0v) is 15.6. The van der Waals surface area contributed by atoms with Crippen LogP contribution in [0.3, 0.4) is 0 Å². The van der Waals surface area contributed by atoms with Crippen molar-refractivity contribution in [1.29, 1.82) is 0 Å². The lowest BCUT2D eigenvalue weighted by Crippen LogP contribution is -2.56. The van der Waals surface area contributed by atoms with Gasteiger partial charge in [0.2, 0.25) is 0 Å². The Morgan fingerprint density at radius 3 is 2.07 bits per heavy atom. The van der Waals surface area contributed by atoms with E-state index in [0.717, 1.165) is 65.1 Å². The predicted molar refractivity (Wildman–Crippen MR) is 113 cm³/mol. The van der Waals surface area contributed by atoms with Crippen molar-refractivity contribution in [3.63, 3.8) is 0 Å². The summed E-state index contributed by atoms with van der Waals surface area (Å²) < 4.78 is 6.32. The third kappa shape index (κ3) is 5.41. The highest BCUT2D eigenvalue weighted by atomic mass is 16.5. The second-order valence-electron chi connectivity index (χ2n) is 7.80. The summed E-state index contributed by atoms with van der Waals surface area (Å²) >= 11 is 0. The second kappa shape index (κ2) is 9.50. The van der Waals surface area contributed by atoms with Gasteiger partial charge in [-0.05, 0) is 30.4 Å². The van der Waals surface area contributed by atoms with E-state index in [1.807, 2.05) is 0 Å². The lowest BCUT2D eigenvalue weighted by atomic mass is 9.89. The average Bonchev–Trinajstić information content (AvgIpc) is 2.69. The minimum absolute atomic E-state index is 0. The van der Waals surface area contributed by atoms with Crippen LogP contribution in [-0.2, 0) is 17.7 Å². The highest BCUT2D eigenvalue weighted by molar-refractivity contribution is 5.15. The van der Waals surface area contributed by atoms with Gasteiger partial charge in [-0.25, -0.2) is 0 Å². The van der Waals surface area contributed by atoms with E-state index in [1.54, 1.807) is 0 Å². The molecule has 0 aliphatic carbocycles. The Morgan fingerprint density at radius 2 is 1.41 bits per heavy atom. The first-order valence-corrected chi connectivity index (χ1v) is 9.98. The molecule has 0 aromatic heterocycles. The Balaban J connectivity index is 0.00000210. The van der Waals surface area contributed by atoms with Crippen LogP contribution in [0.15, 0.2) is 60.7 Å². The molecule has 0 unspecified atom stereocenters. The molecule has 27 heavy (non-hydrogen) atoms. The number of benzene rings is 2. The fourth-order valence-corrected chi connectivity index (χ4v) is 4.32. The van der Waals surface area contributed by atoms with E-state index in [9.17, 15) is 0 Å². The third-order valence-corrected chi connectivity index (χ3v) is 5.90. The van der Waals surface area contributed by atoms with Crippen LogP contribution in [0.2, 0.25) is 0 Å². The van der Waals surface area contributed by atoms with E-state index in [-0.39, 0.29) is 13.0 Å². The van der Waals surface area contributed by atoms with Crippen LogP contribution in [-0.4, -0.2) is 54.7 Å². The van der Waals surface area contributed by atoms with Gasteiger partial charge in [0.1, 0.15) is 0 Å². The molecule has 0 bridgehead atoms. The van der Waals surface area contributed by atoms with Crippen LogP contribution in [0.5, 0.6) is 0 Å². The molecule has 4 rings (SSSR count). The van der Waals surface area contributed by atoms with E-state index in [4.69, 9.17) is 4.74 Å². The van der Waals surface area contributed by atoms with Gasteiger partial charge >= 0.3 is 0 Å². The molecule has 0 saturated carbocycles. The minimum Gasteiger partial charge on any atom is -0.372 e. The van der Waals surface area contributed by atoms with Crippen molar-refractivity contribution in [2.24, 2.45) is 0 Å². The maximum absolute atomic E-state index is 6.32. The summed E-state index contributed by atoms with van der Waals surface area (Å²) in [6, 6.07) is 21.7. The fraction of sp³-hybridized carbons (Fsp3) is 0.500. The molecular weight excluding hydrogens is 332 g/mol. The number of piperidine rings is 1. The van der Waals surface area contributed by atoms with Crippen LogP contribution < -0.4 is 0 Å². The number of morpholine rings is 1. The number of likely N-dealkylation sites (tertiary alicyclic amines) is 1. The molecule has 2 aliphatic rings. The van der Waals surface area contributed by atoms with E-state index in [2.05, 4.69) is 70.5 Å². The summed E-state index contributed by atoms with van der Waals surface area (Å²) in [4.78, 5) is 5.19. The Bertz CT molecular complexity index is 665. The van der Waals surface area contributed by atoms with Crippen LogP contribution >= 0.6 is 0 Å². The lowest BCUT2D eigenvalue weighted by molar-refractivity contribution is -0.137. The highest BCUT2D eigenvalue weighted by Gasteiger charge is 2.39. The fourth-order valence-electron chi connectivity index (χ4n) is 4.32. The van der Waals surface area contributed by atoms with Crippen molar-refractivity contribution in [3.05, 3.63) is 71.8 Å². The van der Waals surface area contributed by atoms with Crippen molar-refractivity contribution in [3.8, 4) is 0 Å². The number of nitrogens with zero attached hydrogens (tertiary/aromatic N) is 2. The molecule has 3 heteroatoms. The normalized spacial score (nSPS) is 20.3. The summed E-state index contributed by atoms with van der Waals surface area (Å²) in [5.41, 5.74) is 2.93. The first-order valence-electron chi connectivity index (χ1n) is 9.98. The molecule has 1 spiro atoms. The zero-order valence-electron chi connectivity index (χ0n) is 15.6. The van der Waals surface area contributed by atoms with Crippen molar-refractivity contribution < 1.29 is 4.74 Å². The summed E-state index contributed by atoms with van der Waals surface area (Å²) in [5, 5.41) is 0. The Morgan fingerprint density at radius 1 is 0.778 bits per heavy atom. The lowest BCUT2D eigenvalue weighted by Gasteiger charge is -2.47. The van der Waals surface area contributed by atoms with Crippen molar-refractivity contribution >= 4 is 0 Å². The van der Waals surface area contributed by atoms with Gasteiger partial charge in [-0.1, -0.05) is 68.1 Å². The first kappa shape index (κ1) is 20.1. The molecule has 2 heterocycles. The Kier molecular flexibility index (Phi) is 7.06. The number of hydrogen-bond acceptors (Lipinski definition) is 3. The Labute approximate surface area is 164 Å². The van der Waals surface area contributed by atoms with Gasteiger partial charge in [0.05, 0.1) is 12.2 Å². The zero-order chi connectivity index (χ0) is 17.7. The highest BCUT2D eigenvalue weighted by Crippen LogP contribution is 2.30. The molecule has 2 saturated heterocycles. The van der Waals surface area contributed by atoms with Gasteiger partial charge in [-0.2, -0.15) is 0 Å². The number of ether oxygens (including phenoxy) is 1. The third-order valence-electron chi connectivity index (χ3n) is 5.90. The molecule has 2 fully saturated rings. The van der Waals surface area contributed by atoms with Crippen LogP contribution in [0.25, 0.3) is 0 Å². The SMILES string of the molecule is C.c1ccc(CCN2CCC3(CC2)CN(Cc2ccccc2)CCO3)cc1. The van der Waals surface area contributed by atoms with Gasteiger partial charge in [0.15, 0.2) is 0 Å². The second-order valence-corrected chi connectivity index (χ2v) is 7.80.